The summed E-state index contributed by atoms with van der Waals surface area (Å²) < 4.78 is 108. The van der Waals surface area contributed by atoms with Crippen molar-refractivity contribution in [2.75, 3.05) is 0 Å². The summed E-state index contributed by atoms with van der Waals surface area (Å²) in [5.41, 5.74) is 7.43. The third-order valence-electron chi connectivity index (χ3n) is 1.47. The molecule has 13 heteroatoms. The van der Waals surface area contributed by atoms with E-state index in [9.17, 15) is 44.3 Å². The van der Waals surface area contributed by atoms with Gasteiger partial charge < -0.3 is 0 Å². The minimum atomic E-state index is -6.79. The van der Waals surface area contributed by atoms with Gasteiger partial charge in [-0.3, -0.25) is 4.79 Å². The quantitative estimate of drug-likeness (QED) is 0.257. The topological polar surface area (TPSA) is 65.8 Å². The molecule has 0 radical (unpaired) electrons. The molecule has 104 valence electrons. The van der Waals surface area contributed by atoms with E-state index in [-0.39, 0.29) is 0 Å². The third kappa shape index (κ3) is 2.44. The molecule has 4 nitrogen and oxygen atoms in total. The first-order chi connectivity index (χ1) is 7.72. The molecule has 0 aromatic heterocycles. The number of azide groups is 1. The maximum absolute atomic E-state index is 12.5. The van der Waals surface area contributed by atoms with Crippen molar-refractivity contribution in [2.45, 2.75) is 24.1 Å². The van der Waals surface area contributed by atoms with Gasteiger partial charge in [0.25, 0.3) is 5.78 Å². The summed E-state index contributed by atoms with van der Waals surface area (Å²) >= 11 is 0. The molecule has 18 heavy (non-hydrogen) atoms. The molecule has 0 heterocycles. The van der Waals surface area contributed by atoms with Crippen LogP contribution < -0.4 is 0 Å². The molecule has 0 atom stereocenters. The lowest BCUT2D eigenvalue weighted by molar-refractivity contribution is -0.288. The van der Waals surface area contributed by atoms with Crippen LogP contribution in [0.3, 0.4) is 0 Å². The predicted octanol–water partition coefficient (Wildman–Crippen LogP) is 3.29. The Morgan fingerprint density at radius 2 is 1.28 bits per heavy atom. The van der Waals surface area contributed by atoms with E-state index >= 15 is 0 Å². The van der Waals surface area contributed by atoms with Crippen molar-refractivity contribution in [1.82, 2.24) is 0 Å². The van der Waals surface area contributed by atoms with Crippen LogP contribution in [0.1, 0.15) is 0 Å². The van der Waals surface area contributed by atoms with Crippen LogP contribution in [0.15, 0.2) is 5.11 Å². The van der Waals surface area contributed by atoms with E-state index in [1.54, 1.807) is 0 Å². The summed E-state index contributed by atoms with van der Waals surface area (Å²) in [6.45, 7) is 0. The average Bonchev–Trinajstić information content (AvgIpc) is 2.14. The molecule has 0 spiro atoms. The SMILES string of the molecule is [N-]=[N+]=NC(F)(F)C(F)(F)C(=O)C(F)(F)C(F)(F)F. The zero-order chi connectivity index (χ0) is 15.0. The van der Waals surface area contributed by atoms with Crippen LogP contribution >= 0.6 is 0 Å². The number of rotatable bonds is 4. The molecule has 0 aliphatic heterocycles. The fraction of sp³-hybridized carbons (Fsp3) is 0.800. The predicted molar refractivity (Wildman–Crippen MR) is 35.0 cm³/mol. The standard InChI is InChI=1S/C5F9N3O/c6-2(7,4(10,11)12)1(18)3(8,9)5(13,14)16-17-15. The zero-order valence-corrected chi connectivity index (χ0v) is 7.65. The largest absolute Gasteiger partial charge is 0.461 e. The lowest BCUT2D eigenvalue weighted by atomic mass is 10.1. The molecule has 0 aliphatic rings. The molecule has 0 aliphatic carbocycles. The van der Waals surface area contributed by atoms with Crippen LogP contribution in [-0.4, -0.2) is 29.9 Å². The number of alkyl halides is 9. The lowest BCUT2D eigenvalue weighted by Gasteiger charge is -2.26. The van der Waals surface area contributed by atoms with E-state index in [4.69, 9.17) is 5.53 Å². The minimum absolute atomic E-state index is 1.02. The van der Waals surface area contributed by atoms with Gasteiger partial charge >= 0.3 is 24.1 Å². The second kappa shape index (κ2) is 4.23. The van der Waals surface area contributed by atoms with Crippen LogP contribution in [0.2, 0.25) is 0 Å². The Kier molecular flexibility index (Phi) is 3.84. The fourth-order valence-electron chi connectivity index (χ4n) is 0.581. The summed E-state index contributed by atoms with van der Waals surface area (Å²) in [6, 6.07) is -6.06. The van der Waals surface area contributed by atoms with Gasteiger partial charge in [0.05, 0.1) is 0 Å². The second-order valence-corrected chi connectivity index (χ2v) is 2.71. The Balaban J connectivity index is 5.66. The number of nitrogens with zero attached hydrogens (tertiary/aromatic N) is 3. The van der Waals surface area contributed by atoms with Crippen molar-refractivity contribution in [2.24, 2.45) is 5.11 Å². The highest BCUT2D eigenvalue weighted by atomic mass is 19.4. The van der Waals surface area contributed by atoms with Crippen molar-refractivity contribution < 1.29 is 44.3 Å². The lowest BCUT2D eigenvalue weighted by Crippen LogP contribution is -2.57. The van der Waals surface area contributed by atoms with E-state index in [1.165, 1.54) is 0 Å². The highest BCUT2D eigenvalue weighted by Crippen LogP contribution is 2.45. The molecule has 0 saturated carbocycles. The first kappa shape index (κ1) is 16.4. The summed E-state index contributed by atoms with van der Waals surface area (Å²) in [5, 5.41) is 1.02. The third-order valence-corrected chi connectivity index (χ3v) is 1.47. The molecular weight excluding hydrogens is 289 g/mol. The van der Waals surface area contributed by atoms with Crippen LogP contribution in [0.5, 0.6) is 0 Å². The average molecular weight is 289 g/mol. The molecule has 0 fully saturated rings. The van der Waals surface area contributed by atoms with E-state index in [0.29, 0.717) is 0 Å². The number of ketones is 1. The maximum atomic E-state index is 12.5. The summed E-state index contributed by atoms with van der Waals surface area (Å²) in [6.07, 6.45) is -6.79. The monoisotopic (exact) mass is 289 g/mol. The molecule has 0 aromatic carbocycles. The molecule has 0 amide bonds. The minimum Gasteiger partial charge on any atom is -0.285 e. The van der Waals surface area contributed by atoms with Crippen LogP contribution in [0.25, 0.3) is 10.4 Å². The van der Waals surface area contributed by atoms with E-state index < -0.39 is 29.9 Å². The molecule has 0 N–H and O–H groups in total. The molecular formula is C5F9N3O. The Labute approximate surface area is 91.0 Å². The number of Topliss-reactive ketones (excluding diaryl/α,β-unsaturated/α-hetero) is 1. The summed E-state index contributed by atoms with van der Waals surface area (Å²) in [5.74, 6) is -17.6. The number of carbonyl (C=O) groups excluding carboxylic acids is 1. The molecule has 0 bridgehead atoms. The van der Waals surface area contributed by atoms with Crippen molar-refractivity contribution in [1.29, 1.82) is 0 Å². The van der Waals surface area contributed by atoms with Gasteiger partial charge in [-0.15, -0.1) is 0 Å². The number of halogens is 9. The van der Waals surface area contributed by atoms with Crippen molar-refractivity contribution in [3.63, 3.8) is 0 Å². The van der Waals surface area contributed by atoms with Gasteiger partial charge in [-0.2, -0.15) is 39.5 Å². The number of hydrogen-bond acceptors (Lipinski definition) is 2. The summed E-state index contributed by atoms with van der Waals surface area (Å²) in [7, 11) is 0. The van der Waals surface area contributed by atoms with E-state index in [2.05, 4.69) is 0 Å². The van der Waals surface area contributed by atoms with E-state index in [1.807, 2.05) is 0 Å². The van der Waals surface area contributed by atoms with E-state index in [0.717, 1.165) is 10.0 Å². The van der Waals surface area contributed by atoms with Crippen molar-refractivity contribution >= 4 is 5.78 Å². The normalized spacial score (nSPS) is 14.1. The highest BCUT2D eigenvalue weighted by molar-refractivity contribution is 5.93. The maximum Gasteiger partial charge on any atom is 0.461 e. The van der Waals surface area contributed by atoms with Crippen LogP contribution in [-0.2, 0) is 4.79 Å². The van der Waals surface area contributed by atoms with Gasteiger partial charge in [-0.05, 0) is 10.6 Å². The Morgan fingerprint density at radius 1 is 0.889 bits per heavy atom. The molecule has 0 saturated heterocycles. The van der Waals surface area contributed by atoms with Gasteiger partial charge in [0.15, 0.2) is 0 Å². The molecule has 0 aromatic rings. The second-order valence-electron chi connectivity index (χ2n) is 2.71. The Hall–Kier alpha value is -1.65. The first-order valence-corrected chi connectivity index (χ1v) is 3.53. The zero-order valence-electron chi connectivity index (χ0n) is 7.65. The Bertz CT molecular complexity index is 393. The highest BCUT2D eigenvalue weighted by Gasteiger charge is 2.75. The van der Waals surface area contributed by atoms with Gasteiger partial charge in [0.1, 0.15) is 0 Å². The summed E-state index contributed by atoms with van der Waals surface area (Å²) in [4.78, 5) is 11.3. The van der Waals surface area contributed by atoms with Gasteiger partial charge in [-0.1, -0.05) is 0 Å². The number of carbonyl (C=O) groups is 1. The van der Waals surface area contributed by atoms with Crippen molar-refractivity contribution in [3.8, 4) is 0 Å². The first-order valence-electron chi connectivity index (χ1n) is 3.53. The van der Waals surface area contributed by atoms with Gasteiger partial charge in [0, 0.05) is 4.91 Å². The fourth-order valence-corrected chi connectivity index (χ4v) is 0.581. The smallest absolute Gasteiger partial charge is 0.285 e. The van der Waals surface area contributed by atoms with Gasteiger partial charge in [0.2, 0.25) is 0 Å². The number of hydrogen-bond donors (Lipinski definition) is 0. The van der Waals surface area contributed by atoms with Gasteiger partial charge in [-0.25, -0.2) is 0 Å². The molecule has 0 unspecified atom stereocenters. The Morgan fingerprint density at radius 3 is 1.56 bits per heavy atom. The van der Waals surface area contributed by atoms with Crippen LogP contribution in [0.4, 0.5) is 39.5 Å². The molecule has 0 rings (SSSR count). The van der Waals surface area contributed by atoms with Crippen molar-refractivity contribution in [3.05, 3.63) is 10.4 Å². The van der Waals surface area contributed by atoms with Crippen LogP contribution in [0, 0.1) is 0 Å².